The van der Waals surface area contributed by atoms with Crippen LogP contribution in [0.1, 0.15) is 36.9 Å². The lowest BCUT2D eigenvalue weighted by Crippen LogP contribution is -2.55. The number of carbonyl (C=O) groups is 3. The van der Waals surface area contributed by atoms with Crippen molar-refractivity contribution in [1.29, 1.82) is 0 Å². The van der Waals surface area contributed by atoms with Gasteiger partial charge in [0.1, 0.15) is 26.8 Å². The maximum absolute atomic E-state index is 13.5. The quantitative estimate of drug-likeness (QED) is 0.260. The Bertz CT molecular complexity index is 1680. The second-order valence-corrected chi connectivity index (χ2v) is 12.4. The number of hydrogen-bond donors (Lipinski definition) is 3. The molecule has 3 N–H and O–H groups in total. The number of nitrogens with one attached hydrogen (secondary N) is 2. The first-order chi connectivity index (χ1) is 20.6. The summed E-state index contributed by atoms with van der Waals surface area (Å²) in [6, 6.07) is 17.3. The van der Waals surface area contributed by atoms with Gasteiger partial charge in [-0.25, -0.2) is 14.6 Å². The van der Waals surface area contributed by atoms with E-state index in [0.717, 1.165) is 11.3 Å². The van der Waals surface area contributed by atoms with Crippen LogP contribution in [0.5, 0.6) is 11.5 Å². The third kappa shape index (κ3) is 5.84. The second kappa shape index (κ2) is 11.2. The number of thiophene rings is 1. The zero-order valence-corrected chi connectivity index (χ0v) is 24.7. The predicted molar refractivity (Wildman–Crippen MR) is 163 cm³/mol. The number of piperidine rings is 1. The average molecular weight is 602 g/mol. The summed E-state index contributed by atoms with van der Waals surface area (Å²) in [6.45, 7) is 5.69. The number of nitrogens with zero attached hydrogens (tertiary/aromatic N) is 3. The van der Waals surface area contributed by atoms with Gasteiger partial charge in [-0.2, -0.15) is 0 Å². The summed E-state index contributed by atoms with van der Waals surface area (Å²) in [7, 11) is 0. The van der Waals surface area contributed by atoms with E-state index in [1.165, 1.54) is 9.80 Å². The molecule has 0 bridgehead atoms. The number of likely N-dealkylation sites (tertiary alicyclic amines) is 1. The first-order valence-electron chi connectivity index (χ1n) is 13.9. The number of aliphatic hydroxyl groups is 1. The lowest BCUT2D eigenvalue weighted by Gasteiger charge is -2.36. The van der Waals surface area contributed by atoms with Crippen LogP contribution in [0.25, 0.3) is 10.2 Å². The molecule has 4 heterocycles. The average Bonchev–Trinajstić information content (AvgIpc) is 3.34. The first kappa shape index (κ1) is 28.4. The minimum Gasteiger partial charge on any atom is -0.457 e. The number of aromatic nitrogens is 1. The molecule has 0 aliphatic carbocycles. The third-order valence-electron chi connectivity index (χ3n) is 7.08. The summed E-state index contributed by atoms with van der Waals surface area (Å²) in [5.74, 6) is 0.896. The van der Waals surface area contributed by atoms with Gasteiger partial charge in [-0.1, -0.05) is 18.2 Å². The molecule has 4 aromatic rings. The van der Waals surface area contributed by atoms with E-state index in [9.17, 15) is 19.5 Å². The highest BCUT2D eigenvalue weighted by Crippen LogP contribution is 2.46. The van der Waals surface area contributed by atoms with E-state index < -0.39 is 35.8 Å². The minimum absolute atomic E-state index is 0.0334. The maximum atomic E-state index is 13.5. The highest BCUT2D eigenvalue weighted by molar-refractivity contribution is 7.21. The van der Waals surface area contributed by atoms with Gasteiger partial charge in [0.15, 0.2) is 0 Å². The van der Waals surface area contributed by atoms with Crippen molar-refractivity contribution in [3.63, 3.8) is 0 Å². The first-order valence-corrected chi connectivity index (χ1v) is 14.7. The summed E-state index contributed by atoms with van der Waals surface area (Å²) >= 11 is 1.16. The van der Waals surface area contributed by atoms with Gasteiger partial charge in [0.05, 0.1) is 41.1 Å². The van der Waals surface area contributed by atoms with E-state index in [1.54, 1.807) is 57.3 Å². The zero-order chi connectivity index (χ0) is 30.3. The van der Waals surface area contributed by atoms with Gasteiger partial charge >= 0.3 is 12.1 Å². The summed E-state index contributed by atoms with van der Waals surface area (Å²) in [6.07, 6.45) is 0.465. The standard InChI is InChI=1S/C31H31N5O6S/c1-31(2,3)42-30(40)35-16-14-21(23(37)17-35)33-27(38)26-25-24-22(13-15-32-28(24)43-26)36(29(39)34-25)18-9-11-20(12-10-18)41-19-7-5-4-6-8-19/h4-13,15,21,23,37H,14,16-17H2,1-3H3,(H,33,38)(H,34,39). The molecule has 2 aromatic carbocycles. The van der Waals surface area contributed by atoms with Crippen molar-refractivity contribution in [2.45, 2.75) is 44.9 Å². The fraction of sp³-hybridized carbons (Fsp3) is 0.290. The second-order valence-electron chi connectivity index (χ2n) is 11.4. The van der Waals surface area contributed by atoms with Crippen molar-refractivity contribution in [3.05, 3.63) is 71.7 Å². The number of ether oxygens (including phenoxy) is 2. The number of carbonyl (C=O) groups excluding carboxylic acids is 3. The van der Waals surface area contributed by atoms with E-state index in [-0.39, 0.29) is 11.4 Å². The number of hydrogen-bond acceptors (Lipinski definition) is 8. The highest BCUT2D eigenvalue weighted by atomic mass is 32.1. The van der Waals surface area contributed by atoms with E-state index in [0.29, 0.717) is 51.7 Å². The number of benzene rings is 2. The van der Waals surface area contributed by atoms with Crippen LogP contribution >= 0.6 is 11.3 Å². The number of rotatable bonds is 5. The molecule has 2 aromatic heterocycles. The molecule has 11 nitrogen and oxygen atoms in total. The van der Waals surface area contributed by atoms with Crippen molar-refractivity contribution < 1.29 is 29.0 Å². The summed E-state index contributed by atoms with van der Waals surface area (Å²) < 4.78 is 11.3. The molecule has 6 rings (SSSR count). The summed E-state index contributed by atoms with van der Waals surface area (Å²) in [5.41, 5.74) is 0.948. The van der Waals surface area contributed by atoms with Crippen LogP contribution in [0.4, 0.5) is 26.7 Å². The molecule has 2 aliphatic heterocycles. The molecule has 1 fully saturated rings. The van der Waals surface area contributed by atoms with Gasteiger partial charge in [-0.05, 0) is 69.7 Å². The molecular formula is C31H31N5O6S. The zero-order valence-electron chi connectivity index (χ0n) is 23.9. The van der Waals surface area contributed by atoms with Crippen LogP contribution in [-0.2, 0) is 4.74 Å². The number of β-amino-alcohol motifs (C(OH)–C–C–N with tert-alkyl or cyclic N) is 1. The predicted octanol–water partition coefficient (Wildman–Crippen LogP) is 5.87. The number of urea groups is 1. The van der Waals surface area contributed by atoms with Crippen molar-refractivity contribution in [2.75, 3.05) is 23.3 Å². The Balaban J connectivity index is 1.20. The van der Waals surface area contributed by atoms with Gasteiger partial charge in [0, 0.05) is 12.7 Å². The summed E-state index contributed by atoms with van der Waals surface area (Å²) in [4.78, 5) is 47.6. The molecule has 222 valence electrons. The minimum atomic E-state index is -0.983. The maximum Gasteiger partial charge on any atom is 0.410 e. The van der Waals surface area contributed by atoms with Gasteiger partial charge < -0.3 is 30.1 Å². The van der Waals surface area contributed by atoms with Crippen LogP contribution in [0, 0.1) is 0 Å². The normalized spacial score (nSPS) is 18.3. The van der Waals surface area contributed by atoms with Crippen molar-refractivity contribution >= 4 is 56.6 Å². The van der Waals surface area contributed by atoms with Crippen molar-refractivity contribution in [2.24, 2.45) is 0 Å². The largest absolute Gasteiger partial charge is 0.457 e. The number of amides is 4. The molecule has 0 radical (unpaired) electrons. The smallest absolute Gasteiger partial charge is 0.410 e. The number of pyridine rings is 1. The Morgan fingerprint density at radius 1 is 1.07 bits per heavy atom. The van der Waals surface area contributed by atoms with Crippen LogP contribution in [-0.4, -0.2) is 63.9 Å². The van der Waals surface area contributed by atoms with Gasteiger partial charge in [-0.15, -0.1) is 11.3 Å². The molecule has 2 unspecified atom stereocenters. The number of anilines is 3. The van der Waals surface area contributed by atoms with Crippen LogP contribution in [0.3, 0.4) is 0 Å². The lowest BCUT2D eigenvalue weighted by molar-refractivity contribution is -0.00406. The van der Waals surface area contributed by atoms with Crippen LogP contribution in [0.2, 0.25) is 0 Å². The topological polar surface area (TPSA) is 133 Å². The lowest BCUT2D eigenvalue weighted by atomic mass is 10.0. The van der Waals surface area contributed by atoms with E-state index >= 15 is 0 Å². The Morgan fingerprint density at radius 3 is 2.49 bits per heavy atom. The molecule has 43 heavy (non-hydrogen) atoms. The Labute approximate surface area is 252 Å². The van der Waals surface area contributed by atoms with E-state index in [1.807, 2.05) is 30.3 Å². The molecule has 2 aliphatic rings. The molecule has 2 atom stereocenters. The van der Waals surface area contributed by atoms with E-state index in [2.05, 4.69) is 15.6 Å². The van der Waals surface area contributed by atoms with Gasteiger partial charge in [-0.3, -0.25) is 9.69 Å². The fourth-order valence-corrected chi connectivity index (χ4v) is 6.14. The van der Waals surface area contributed by atoms with Gasteiger partial charge in [0.25, 0.3) is 5.91 Å². The Morgan fingerprint density at radius 2 is 1.79 bits per heavy atom. The molecule has 0 spiro atoms. The van der Waals surface area contributed by atoms with E-state index in [4.69, 9.17) is 9.47 Å². The molecule has 12 heteroatoms. The number of aliphatic hydroxyl groups excluding tert-OH is 1. The van der Waals surface area contributed by atoms with Crippen LogP contribution in [0.15, 0.2) is 66.9 Å². The third-order valence-corrected chi connectivity index (χ3v) is 8.17. The summed E-state index contributed by atoms with van der Waals surface area (Å²) in [5, 5.41) is 17.2. The SMILES string of the molecule is CC(C)(C)OC(=O)N1CCC(NC(=O)c2sc3nccc4c3c2NC(=O)N4c2ccc(Oc3ccccc3)cc2)C(O)C1. The van der Waals surface area contributed by atoms with Gasteiger partial charge in [0.2, 0.25) is 0 Å². The monoisotopic (exact) mass is 601 g/mol. The number of para-hydroxylation sites is 1. The fourth-order valence-electron chi connectivity index (χ4n) is 5.11. The van der Waals surface area contributed by atoms with Crippen molar-refractivity contribution in [1.82, 2.24) is 15.2 Å². The van der Waals surface area contributed by atoms with Crippen LogP contribution < -0.4 is 20.3 Å². The Hall–Kier alpha value is -4.68. The molecule has 4 amide bonds. The molecule has 1 saturated heterocycles. The van der Waals surface area contributed by atoms with Crippen molar-refractivity contribution in [3.8, 4) is 11.5 Å². The molecular weight excluding hydrogens is 570 g/mol. The highest BCUT2D eigenvalue weighted by Gasteiger charge is 2.36. The Kier molecular flexibility index (Phi) is 7.40. The molecule has 0 saturated carbocycles.